The molecular weight excluding hydrogens is 300 g/mol. The Labute approximate surface area is 113 Å². The van der Waals surface area contributed by atoms with Gasteiger partial charge in [0.05, 0.1) is 11.5 Å². The van der Waals surface area contributed by atoms with Crippen LogP contribution in [0.4, 0.5) is 5.13 Å². The van der Waals surface area contributed by atoms with E-state index >= 15 is 0 Å². The zero-order valence-corrected chi connectivity index (χ0v) is 11.8. The first-order chi connectivity index (χ1) is 8.30. The zero-order valence-electron chi connectivity index (χ0n) is 9.46. The molecular formula is C9H11ClN2O4S2. The number of anilines is 1. The maximum atomic E-state index is 11.4. The van der Waals surface area contributed by atoms with Crippen LogP contribution < -0.4 is 4.90 Å². The van der Waals surface area contributed by atoms with Crippen LogP contribution in [0.5, 0.6) is 0 Å². The zero-order chi connectivity index (χ0) is 13.5. The van der Waals surface area contributed by atoms with Crippen molar-refractivity contribution >= 4 is 43.9 Å². The van der Waals surface area contributed by atoms with Gasteiger partial charge in [-0.1, -0.05) is 22.9 Å². The maximum Gasteiger partial charge on any atom is 0.349 e. The summed E-state index contributed by atoms with van der Waals surface area (Å²) in [6.07, 6.45) is 0.526. The first-order valence-corrected chi connectivity index (χ1v) is 8.14. The summed E-state index contributed by atoms with van der Waals surface area (Å²) in [5.41, 5.74) is 0. The quantitative estimate of drug-likeness (QED) is 0.900. The molecule has 2 rings (SSSR count). The van der Waals surface area contributed by atoms with E-state index in [9.17, 15) is 13.2 Å². The van der Waals surface area contributed by atoms with Gasteiger partial charge in [-0.25, -0.2) is 18.2 Å². The van der Waals surface area contributed by atoms with Crippen molar-refractivity contribution in [3.8, 4) is 0 Å². The molecule has 0 aromatic carbocycles. The Morgan fingerprint density at radius 1 is 1.61 bits per heavy atom. The van der Waals surface area contributed by atoms with Gasteiger partial charge in [0.2, 0.25) is 0 Å². The number of halogens is 1. The number of hydrogen-bond donors (Lipinski definition) is 1. The molecule has 1 atom stereocenters. The Bertz CT molecular complexity index is 583. The van der Waals surface area contributed by atoms with Crippen LogP contribution in [0.1, 0.15) is 16.1 Å². The highest BCUT2D eigenvalue weighted by atomic mass is 35.5. The molecule has 100 valence electrons. The number of hydrogen-bond acceptors (Lipinski definition) is 6. The van der Waals surface area contributed by atoms with Crippen molar-refractivity contribution in [1.82, 2.24) is 4.98 Å². The van der Waals surface area contributed by atoms with E-state index in [1.807, 2.05) is 0 Å². The van der Waals surface area contributed by atoms with Gasteiger partial charge in [-0.2, -0.15) is 0 Å². The number of sulfone groups is 1. The lowest BCUT2D eigenvalue weighted by atomic mass is 10.2. The SMILES string of the molecule is CN(c1nc(Cl)c(C(=O)O)s1)C1CCS(=O)(=O)C1. The topological polar surface area (TPSA) is 87.6 Å². The molecule has 9 heteroatoms. The third-order valence-corrected chi connectivity index (χ3v) is 6.10. The van der Waals surface area contributed by atoms with E-state index in [0.717, 1.165) is 11.3 Å². The summed E-state index contributed by atoms with van der Waals surface area (Å²) in [5, 5.41) is 9.25. The molecule has 0 saturated carbocycles. The second kappa shape index (κ2) is 4.67. The number of carboxylic acid groups (broad SMARTS) is 1. The van der Waals surface area contributed by atoms with E-state index in [1.54, 1.807) is 11.9 Å². The highest BCUT2D eigenvalue weighted by molar-refractivity contribution is 7.91. The Kier molecular flexibility index (Phi) is 3.52. The summed E-state index contributed by atoms with van der Waals surface area (Å²) >= 11 is 6.67. The lowest BCUT2D eigenvalue weighted by Crippen LogP contribution is -2.32. The smallest absolute Gasteiger partial charge is 0.349 e. The monoisotopic (exact) mass is 310 g/mol. The Morgan fingerprint density at radius 2 is 2.28 bits per heavy atom. The van der Waals surface area contributed by atoms with Crippen LogP contribution in [0.2, 0.25) is 5.15 Å². The first-order valence-electron chi connectivity index (χ1n) is 5.13. The lowest BCUT2D eigenvalue weighted by Gasteiger charge is -2.22. The second-order valence-corrected chi connectivity index (χ2v) is 7.65. The third-order valence-electron chi connectivity index (χ3n) is 2.83. The molecule has 1 unspecified atom stereocenters. The fourth-order valence-electron chi connectivity index (χ4n) is 1.81. The average molecular weight is 311 g/mol. The fourth-order valence-corrected chi connectivity index (χ4v) is 4.74. The van der Waals surface area contributed by atoms with Crippen molar-refractivity contribution in [2.24, 2.45) is 0 Å². The average Bonchev–Trinajstić information content (AvgIpc) is 2.80. The van der Waals surface area contributed by atoms with Crippen LogP contribution in [-0.2, 0) is 9.84 Å². The number of rotatable bonds is 3. The standard InChI is InChI=1S/C9H11ClN2O4S2/c1-12(5-2-3-18(15,16)4-5)9-11-7(10)6(17-9)8(13)14/h5H,2-4H2,1H3,(H,13,14). The molecule has 0 spiro atoms. The van der Waals surface area contributed by atoms with Gasteiger partial charge in [-0.05, 0) is 6.42 Å². The van der Waals surface area contributed by atoms with Crippen LogP contribution in [0.25, 0.3) is 0 Å². The summed E-state index contributed by atoms with van der Waals surface area (Å²) < 4.78 is 22.8. The minimum atomic E-state index is -2.98. The fraction of sp³-hybridized carbons (Fsp3) is 0.556. The second-order valence-electron chi connectivity index (χ2n) is 4.09. The minimum Gasteiger partial charge on any atom is -0.477 e. The Morgan fingerprint density at radius 3 is 2.72 bits per heavy atom. The molecule has 1 aromatic rings. The van der Waals surface area contributed by atoms with Crippen molar-refractivity contribution in [3.63, 3.8) is 0 Å². The van der Waals surface area contributed by atoms with Crippen molar-refractivity contribution in [2.45, 2.75) is 12.5 Å². The van der Waals surface area contributed by atoms with Crippen molar-refractivity contribution < 1.29 is 18.3 Å². The van der Waals surface area contributed by atoms with Crippen molar-refractivity contribution in [2.75, 3.05) is 23.5 Å². The predicted octanol–water partition coefficient (Wildman–Crippen LogP) is 1.12. The molecule has 0 amide bonds. The molecule has 1 N–H and O–H groups in total. The number of carboxylic acids is 1. The van der Waals surface area contributed by atoms with Crippen LogP contribution in [0.15, 0.2) is 0 Å². The van der Waals surface area contributed by atoms with Gasteiger partial charge in [0.1, 0.15) is 0 Å². The van der Waals surface area contributed by atoms with Crippen LogP contribution >= 0.6 is 22.9 Å². The minimum absolute atomic E-state index is 0.0284. The molecule has 0 bridgehead atoms. The molecule has 1 aliphatic heterocycles. The number of aromatic carboxylic acids is 1. The highest BCUT2D eigenvalue weighted by Gasteiger charge is 2.32. The van der Waals surface area contributed by atoms with E-state index in [2.05, 4.69) is 4.98 Å². The summed E-state index contributed by atoms with van der Waals surface area (Å²) in [4.78, 5) is 16.5. The van der Waals surface area contributed by atoms with E-state index in [-0.39, 0.29) is 27.6 Å². The van der Waals surface area contributed by atoms with Crippen LogP contribution in [0.3, 0.4) is 0 Å². The van der Waals surface area contributed by atoms with E-state index in [0.29, 0.717) is 11.6 Å². The van der Waals surface area contributed by atoms with E-state index in [4.69, 9.17) is 16.7 Å². The molecule has 1 fully saturated rings. The molecule has 0 aliphatic carbocycles. The molecule has 0 radical (unpaired) electrons. The number of aromatic nitrogens is 1. The summed E-state index contributed by atoms with van der Waals surface area (Å²) in [6.45, 7) is 0. The number of thiazole rings is 1. The van der Waals surface area contributed by atoms with Gasteiger partial charge in [-0.3, -0.25) is 0 Å². The summed E-state index contributed by atoms with van der Waals surface area (Å²) in [6, 6.07) is -0.168. The summed E-state index contributed by atoms with van der Waals surface area (Å²) in [7, 11) is -1.28. The lowest BCUT2D eigenvalue weighted by molar-refractivity contribution is 0.0702. The van der Waals surface area contributed by atoms with Gasteiger partial charge in [0.15, 0.2) is 25.0 Å². The van der Waals surface area contributed by atoms with E-state index in [1.165, 1.54) is 0 Å². The van der Waals surface area contributed by atoms with Crippen LogP contribution in [-0.4, -0.2) is 49.1 Å². The largest absolute Gasteiger partial charge is 0.477 e. The van der Waals surface area contributed by atoms with Crippen molar-refractivity contribution in [3.05, 3.63) is 10.0 Å². The highest BCUT2D eigenvalue weighted by Crippen LogP contribution is 2.31. The number of nitrogens with zero attached hydrogens (tertiary/aromatic N) is 2. The van der Waals surface area contributed by atoms with Crippen LogP contribution in [0, 0.1) is 0 Å². The predicted molar refractivity (Wildman–Crippen MR) is 69.5 cm³/mol. The molecule has 1 aliphatic rings. The van der Waals surface area contributed by atoms with E-state index < -0.39 is 15.8 Å². The Balaban J connectivity index is 2.22. The third kappa shape index (κ3) is 2.60. The molecule has 1 saturated heterocycles. The van der Waals surface area contributed by atoms with Gasteiger partial charge < -0.3 is 10.0 Å². The van der Waals surface area contributed by atoms with Gasteiger partial charge >= 0.3 is 5.97 Å². The molecule has 6 nitrogen and oxygen atoms in total. The molecule has 2 heterocycles. The molecule has 18 heavy (non-hydrogen) atoms. The van der Waals surface area contributed by atoms with Crippen molar-refractivity contribution in [1.29, 1.82) is 0 Å². The Hall–Kier alpha value is -0.860. The molecule has 1 aromatic heterocycles. The normalized spacial score (nSPS) is 22.0. The maximum absolute atomic E-state index is 11.4. The van der Waals surface area contributed by atoms with Gasteiger partial charge in [0.25, 0.3) is 0 Å². The van der Waals surface area contributed by atoms with Gasteiger partial charge in [0, 0.05) is 13.1 Å². The summed E-state index contributed by atoms with van der Waals surface area (Å²) in [5.74, 6) is -0.896. The first kappa shape index (κ1) is 13.6. The van der Waals surface area contributed by atoms with Gasteiger partial charge in [-0.15, -0.1) is 0 Å². The number of carbonyl (C=O) groups is 1.